The summed E-state index contributed by atoms with van der Waals surface area (Å²) in [6.07, 6.45) is 0.688. The summed E-state index contributed by atoms with van der Waals surface area (Å²) in [6.45, 7) is 3.72. The van der Waals surface area contributed by atoms with E-state index in [-0.39, 0.29) is 30.4 Å². The molecule has 6 atom stereocenters. The van der Waals surface area contributed by atoms with E-state index < -0.39 is 35.6 Å². The van der Waals surface area contributed by atoms with Crippen LogP contribution in [0.15, 0.2) is 60.7 Å². The summed E-state index contributed by atoms with van der Waals surface area (Å²) < 4.78 is 6.45. The Kier molecular flexibility index (Phi) is 6.57. The van der Waals surface area contributed by atoms with E-state index in [4.69, 9.17) is 4.74 Å². The maximum absolute atomic E-state index is 14.1. The molecule has 0 saturated carbocycles. The molecular weight excluding hydrogens is 458 g/mol. The monoisotopic (exact) mass is 491 g/mol. The summed E-state index contributed by atoms with van der Waals surface area (Å²) in [5.74, 6) is -2.35. The molecule has 3 amide bonds. The molecule has 8 nitrogen and oxygen atoms in total. The number of carbonyl (C=O) groups excluding carboxylic acids is 3. The van der Waals surface area contributed by atoms with Crippen LogP contribution in [0.25, 0.3) is 0 Å². The zero-order valence-corrected chi connectivity index (χ0v) is 20.6. The Labute approximate surface area is 211 Å². The van der Waals surface area contributed by atoms with Crippen LogP contribution in [0.1, 0.15) is 43.9 Å². The van der Waals surface area contributed by atoms with Gasteiger partial charge in [0.05, 0.1) is 30.6 Å². The van der Waals surface area contributed by atoms with Crippen LogP contribution in [0.5, 0.6) is 0 Å². The maximum Gasteiger partial charge on any atom is 0.246 e. The largest absolute Gasteiger partial charge is 0.394 e. The van der Waals surface area contributed by atoms with Gasteiger partial charge in [-0.3, -0.25) is 14.4 Å². The minimum Gasteiger partial charge on any atom is -0.394 e. The molecule has 3 heterocycles. The Balaban J connectivity index is 1.50. The van der Waals surface area contributed by atoms with E-state index in [0.717, 1.165) is 11.1 Å². The van der Waals surface area contributed by atoms with Crippen molar-refractivity contribution in [2.24, 2.45) is 11.8 Å². The van der Waals surface area contributed by atoms with Crippen molar-refractivity contribution in [2.45, 2.75) is 63.1 Å². The number of aliphatic hydroxyl groups excluding tert-OH is 1. The summed E-state index contributed by atoms with van der Waals surface area (Å²) in [5, 5.41) is 16.3. The molecule has 0 radical (unpaired) electrons. The number of benzene rings is 2. The molecule has 3 N–H and O–H groups in total. The molecule has 3 aliphatic rings. The first kappa shape index (κ1) is 24.5. The molecule has 2 bridgehead atoms. The first-order chi connectivity index (χ1) is 17.4. The normalized spacial score (nSPS) is 29.3. The third-order valence-electron chi connectivity index (χ3n) is 7.72. The number of amides is 3. The van der Waals surface area contributed by atoms with Crippen LogP contribution in [-0.4, -0.2) is 58.1 Å². The zero-order valence-electron chi connectivity index (χ0n) is 20.6. The maximum atomic E-state index is 14.1. The Morgan fingerprint density at radius 1 is 1.08 bits per heavy atom. The van der Waals surface area contributed by atoms with Crippen molar-refractivity contribution in [1.82, 2.24) is 15.5 Å². The topological polar surface area (TPSA) is 108 Å². The minimum absolute atomic E-state index is 0.141. The molecule has 0 aliphatic carbocycles. The van der Waals surface area contributed by atoms with Crippen LogP contribution in [0.2, 0.25) is 0 Å². The van der Waals surface area contributed by atoms with Crippen molar-refractivity contribution in [3.8, 4) is 0 Å². The molecule has 8 heteroatoms. The number of aliphatic hydroxyl groups is 1. The molecule has 3 aliphatic heterocycles. The molecule has 190 valence electrons. The van der Waals surface area contributed by atoms with Crippen molar-refractivity contribution in [3.05, 3.63) is 71.8 Å². The molecule has 3 saturated heterocycles. The van der Waals surface area contributed by atoms with Crippen molar-refractivity contribution in [2.75, 3.05) is 6.61 Å². The third-order valence-corrected chi connectivity index (χ3v) is 7.72. The highest BCUT2D eigenvalue weighted by atomic mass is 16.5. The highest BCUT2D eigenvalue weighted by Gasteiger charge is 2.75. The van der Waals surface area contributed by atoms with Crippen molar-refractivity contribution >= 4 is 17.7 Å². The average Bonchev–Trinajstić information content (AvgIpc) is 3.52. The van der Waals surface area contributed by atoms with E-state index in [9.17, 15) is 19.5 Å². The van der Waals surface area contributed by atoms with E-state index in [2.05, 4.69) is 10.6 Å². The summed E-state index contributed by atoms with van der Waals surface area (Å²) in [7, 11) is 0. The molecule has 5 rings (SSSR count). The summed E-state index contributed by atoms with van der Waals surface area (Å²) in [6, 6.07) is 17.0. The molecule has 36 heavy (non-hydrogen) atoms. The summed E-state index contributed by atoms with van der Waals surface area (Å²) in [5.41, 5.74) is 0.590. The summed E-state index contributed by atoms with van der Waals surface area (Å²) >= 11 is 0. The van der Waals surface area contributed by atoms with Crippen LogP contribution in [0.4, 0.5) is 0 Å². The number of hydrogen-bond acceptors (Lipinski definition) is 5. The number of ether oxygens (including phenoxy) is 1. The minimum atomic E-state index is -1.10. The fraction of sp³-hybridized carbons (Fsp3) is 0.464. The van der Waals surface area contributed by atoms with Crippen LogP contribution in [-0.2, 0) is 25.7 Å². The smallest absolute Gasteiger partial charge is 0.246 e. The molecule has 2 aromatic carbocycles. The number of carbonyl (C=O) groups is 3. The fourth-order valence-electron chi connectivity index (χ4n) is 6.32. The Morgan fingerprint density at radius 3 is 2.39 bits per heavy atom. The van der Waals surface area contributed by atoms with E-state index in [0.29, 0.717) is 19.4 Å². The van der Waals surface area contributed by atoms with Crippen molar-refractivity contribution < 1.29 is 24.2 Å². The number of nitrogens with one attached hydrogen (secondary N) is 2. The first-order valence-corrected chi connectivity index (χ1v) is 12.6. The molecule has 3 fully saturated rings. The van der Waals surface area contributed by atoms with Gasteiger partial charge in [0.1, 0.15) is 11.6 Å². The van der Waals surface area contributed by atoms with Gasteiger partial charge in [-0.2, -0.15) is 0 Å². The van der Waals surface area contributed by atoms with Crippen molar-refractivity contribution in [1.29, 1.82) is 0 Å². The highest BCUT2D eigenvalue weighted by Crippen LogP contribution is 2.59. The van der Waals surface area contributed by atoms with Gasteiger partial charge in [-0.15, -0.1) is 0 Å². The predicted molar refractivity (Wildman–Crippen MR) is 132 cm³/mol. The van der Waals surface area contributed by atoms with Gasteiger partial charge in [0.2, 0.25) is 17.7 Å². The van der Waals surface area contributed by atoms with Crippen molar-refractivity contribution in [3.63, 3.8) is 0 Å². The molecule has 1 spiro atoms. The standard InChI is InChI=1S/C28H33N3O5/c1-17(2)30-26(34)24-28-14-13-21(36-28)22(25(33)29-15-18-9-5-3-6-10-18)23(28)27(35)31(24)20(16-32)19-11-7-4-8-12-19/h3-12,17,20-24,32H,13-16H2,1-2H3,(H,29,33)(H,30,34)/t20-,21+,22-,23+,24?,28?/m1/s1. The van der Waals surface area contributed by atoms with Crippen LogP contribution in [0, 0.1) is 11.8 Å². The SMILES string of the molecule is CC(C)NC(=O)C1N([C@H](CO)c2ccccc2)C(=O)[C@@H]2[C@H](C(=O)NCc3ccccc3)[C@@H]3CCC12O3. The van der Waals surface area contributed by atoms with E-state index in [1.165, 1.54) is 4.90 Å². The van der Waals surface area contributed by atoms with Gasteiger partial charge < -0.3 is 25.4 Å². The van der Waals surface area contributed by atoms with Gasteiger partial charge >= 0.3 is 0 Å². The first-order valence-electron chi connectivity index (χ1n) is 12.6. The van der Waals surface area contributed by atoms with E-state index in [1.807, 2.05) is 74.5 Å². The fourth-order valence-corrected chi connectivity index (χ4v) is 6.32. The number of fused-ring (bicyclic) bond motifs is 1. The quantitative estimate of drug-likeness (QED) is 0.523. The van der Waals surface area contributed by atoms with E-state index >= 15 is 0 Å². The Hall–Kier alpha value is -3.23. The van der Waals surface area contributed by atoms with Gasteiger partial charge in [0.15, 0.2) is 0 Å². The van der Waals surface area contributed by atoms with E-state index in [1.54, 1.807) is 0 Å². The van der Waals surface area contributed by atoms with Gasteiger partial charge in [-0.25, -0.2) is 0 Å². The average molecular weight is 492 g/mol. The number of nitrogens with zero attached hydrogens (tertiary/aromatic N) is 1. The van der Waals surface area contributed by atoms with Gasteiger partial charge in [0.25, 0.3) is 0 Å². The highest BCUT2D eigenvalue weighted by molar-refractivity contribution is 5.99. The lowest BCUT2D eigenvalue weighted by molar-refractivity contribution is -0.146. The molecule has 2 aromatic rings. The lowest BCUT2D eigenvalue weighted by Crippen LogP contribution is -2.57. The molecule has 2 unspecified atom stereocenters. The predicted octanol–water partition coefficient (Wildman–Crippen LogP) is 1.94. The Morgan fingerprint density at radius 2 is 1.75 bits per heavy atom. The van der Waals surface area contributed by atoms with Crippen LogP contribution < -0.4 is 10.6 Å². The van der Waals surface area contributed by atoms with Gasteiger partial charge in [-0.05, 0) is 37.8 Å². The lowest BCUT2D eigenvalue weighted by atomic mass is 9.70. The Bertz CT molecular complexity index is 1120. The second-order valence-electron chi connectivity index (χ2n) is 10.3. The van der Waals surface area contributed by atoms with Gasteiger partial charge in [0, 0.05) is 12.6 Å². The summed E-state index contributed by atoms with van der Waals surface area (Å²) in [4.78, 5) is 42.7. The number of likely N-dealkylation sites (tertiary alicyclic amines) is 1. The van der Waals surface area contributed by atoms with Gasteiger partial charge in [-0.1, -0.05) is 60.7 Å². The second-order valence-corrected chi connectivity index (χ2v) is 10.3. The lowest BCUT2D eigenvalue weighted by Gasteiger charge is -2.37. The van der Waals surface area contributed by atoms with Crippen LogP contribution >= 0.6 is 0 Å². The number of rotatable bonds is 8. The number of hydrogen-bond donors (Lipinski definition) is 3. The van der Waals surface area contributed by atoms with Crippen LogP contribution in [0.3, 0.4) is 0 Å². The molecular formula is C28H33N3O5. The zero-order chi connectivity index (χ0) is 25.4. The molecule has 0 aromatic heterocycles. The second kappa shape index (κ2) is 9.67. The third kappa shape index (κ3) is 3.98.